The minimum Gasteiger partial charge on any atom is -0.442 e. The molecule has 1 amide bonds. The van der Waals surface area contributed by atoms with Crippen molar-refractivity contribution in [2.75, 3.05) is 5.01 Å². The van der Waals surface area contributed by atoms with Gasteiger partial charge in [0.1, 0.15) is 11.4 Å². The Hall–Kier alpha value is -1.56. The van der Waals surface area contributed by atoms with Crippen molar-refractivity contribution in [3.05, 3.63) is 11.8 Å². The van der Waals surface area contributed by atoms with Gasteiger partial charge in [0.15, 0.2) is 5.82 Å². The highest BCUT2D eigenvalue weighted by molar-refractivity contribution is 5.85. The van der Waals surface area contributed by atoms with Gasteiger partial charge in [0.25, 0.3) is 0 Å². The van der Waals surface area contributed by atoms with Crippen molar-refractivity contribution >= 4 is 11.9 Å². The van der Waals surface area contributed by atoms with E-state index >= 15 is 0 Å². The van der Waals surface area contributed by atoms with Crippen LogP contribution in [0.25, 0.3) is 0 Å². The van der Waals surface area contributed by atoms with Crippen LogP contribution in [0.2, 0.25) is 0 Å². The van der Waals surface area contributed by atoms with Crippen LogP contribution in [0.3, 0.4) is 0 Å². The van der Waals surface area contributed by atoms with Crippen LogP contribution < -0.4 is 10.9 Å². The van der Waals surface area contributed by atoms with Crippen LogP contribution in [-0.2, 0) is 4.74 Å². The number of rotatable bonds is 1. The molecule has 15 heavy (non-hydrogen) atoms. The predicted molar refractivity (Wildman–Crippen MR) is 54.1 cm³/mol. The van der Waals surface area contributed by atoms with Crippen molar-refractivity contribution in [1.82, 2.24) is 5.16 Å². The highest BCUT2D eigenvalue weighted by Crippen LogP contribution is 2.14. The summed E-state index contributed by atoms with van der Waals surface area (Å²) in [4.78, 5) is 11.5. The van der Waals surface area contributed by atoms with Gasteiger partial charge in [-0.05, 0) is 27.7 Å². The number of carbonyl (C=O) groups excluding carboxylic acids is 1. The van der Waals surface area contributed by atoms with Gasteiger partial charge in [0.05, 0.1) is 0 Å². The third-order valence-electron chi connectivity index (χ3n) is 1.45. The number of hydrogen-bond acceptors (Lipinski definition) is 5. The van der Waals surface area contributed by atoms with E-state index in [-0.39, 0.29) is 5.82 Å². The summed E-state index contributed by atoms with van der Waals surface area (Å²) >= 11 is 0. The molecule has 0 unspecified atom stereocenters. The average Bonchev–Trinajstić information content (AvgIpc) is 2.47. The lowest BCUT2D eigenvalue weighted by Gasteiger charge is -2.22. The SMILES string of the molecule is Cc1cc(N(N)C(=O)OC(C)(C)C)no1. The Morgan fingerprint density at radius 3 is 2.60 bits per heavy atom. The van der Waals surface area contributed by atoms with E-state index < -0.39 is 11.7 Å². The number of anilines is 1. The molecule has 1 rings (SSSR count). The van der Waals surface area contributed by atoms with E-state index in [9.17, 15) is 4.79 Å². The third-order valence-corrected chi connectivity index (χ3v) is 1.45. The van der Waals surface area contributed by atoms with Crippen molar-refractivity contribution < 1.29 is 14.1 Å². The van der Waals surface area contributed by atoms with E-state index in [1.54, 1.807) is 33.8 Å². The lowest BCUT2D eigenvalue weighted by atomic mass is 10.2. The molecule has 0 saturated heterocycles. The van der Waals surface area contributed by atoms with Crippen LogP contribution in [0.5, 0.6) is 0 Å². The third kappa shape index (κ3) is 3.25. The molecule has 0 aromatic carbocycles. The molecule has 0 aliphatic carbocycles. The summed E-state index contributed by atoms with van der Waals surface area (Å²) in [6, 6.07) is 1.55. The largest absolute Gasteiger partial charge is 0.442 e. The molecule has 0 bridgehead atoms. The second kappa shape index (κ2) is 3.90. The minimum atomic E-state index is -0.671. The molecular formula is C9H15N3O3. The van der Waals surface area contributed by atoms with Gasteiger partial charge in [-0.25, -0.2) is 10.6 Å². The summed E-state index contributed by atoms with van der Waals surface area (Å²) in [6.45, 7) is 6.98. The molecule has 1 heterocycles. The monoisotopic (exact) mass is 213 g/mol. The number of aromatic nitrogens is 1. The molecule has 0 spiro atoms. The van der Waals surface area contributed by atoms with E-state index in [0.717, 1.165) is 5.01 Å². The molecule has 0 radical (unpaired) electrons. The quantitative estimate of drug-likeness (QED) is 0.435. The number of carbonyl (C=O) groups is 1. The zero-order valence-electron chi connectivity index (χ0n) is 9.27. The molecule has 6 nitrogen and oxygen atoms in total. The Balaban J connectivity index is 2.69. The molecule has 1 aromatic rings. The van der Waals surface area contributed by atoms with Gasteiger partial charge < -0.3 is 9.26 Å². The number of amides is 1. The lowest BCUT2D eigenvalue weighted by Crippen LogP contribution is -2.41. The number of hydrazine groups is 1. The second-order valence-corrected chi connectivity index (χ2v) is 4.15. The average molecular weight is 213 g/mol. The first kappa shape index (κ1) is 11.5. The lowest BCUT2D eigenvalue weighted by molar-refractivity contribution is 0.0578. The molecule has 6 heteroatoms. The Bertz CT molecular complexity index is 354. The summed E-state index contributed by atoms with van der Waals surface area (Å²) in [6.07, 6.45) is -0.671. The Kier molecular flexibility index (Phi) is 2.99. The van der Waals surface area contributed by atoms with Crippen molar-refractivity contribution in [1.29, 1.82) is 0 Å². The normalized spacial score (nSPS) is 11.3. The zero-order valence-corrected chi connectivity index (χ0v) is 9.27. The first-order valence-corrected chi connectivity index (χ1v) is 4.51. The molecule has 84 valence electrons. The summed E-state index contributed by atoms with van der Waals surface area (Å²) in [7, 11) is 0. The van der Waals surface area contributed by atoms with Crippen molar-refractivity contribution in [3.8, 4) is 0 Å². The van der Waals surface area contributed by atoms with Gasteiger partial charge in [-0.1, -0.05) is 5.16 Å². The van der Waals surface area contributed by atoms with E-state index in [1.165, 1.54) is 0 Å². The van der Waals surface area contributed by atoms with Crippen LogP contribution in [0.15, 0.2) is 10.6 Å². The predicted octanol–water partition coefficient (Wildman–Crippen LogP) is 1.60. The first-order chi connectivity index (χ1) is 6.79. The van der Waals surface area contributed by atoms with Crippen molar-refractivity contribution in [3.63, 3.8) is 0 Å². The van der Waals surface area contributed by atoms with Gasteiger partial charge in [-0.3, -0.25) is 0 Å². The van der Waals surface area contributed by atoms with Gasteiger partial charge in [-0.15, -0.1) is 0 Å². The molecule has 2 N–H and O–H groups in total. The Morgan fingerprint density at radius 2 is 2.20 bits per heavy atom. The molecular weight excluding hydrogens is 198 g/mol. The highest BCUT2D eigenvalue weighted by Gasteiger charge is 2.22. The van der Waals surface area contributed by atoms with Crippen molar-refractivity contribution in [2.24, 2.45) is 5.84 Å². The molecule has 0 aliphatic rings. The van der Waals surface area contributed by atoms with Gasteiger partial charge >= 0.3 is 6.09 Å². The second-order valence-electron chi connectivity index (χ2n) is 4.15. The summed E-state index contributed by atoms with van der Waals surface area (Å²) in [5, 5.41) is 4.40. The van der Waals surface area contributed by atoms with E-state index in [1.807, 2.05) is 0 Å². The molecule has 0 atom stereocenters. The topological polar surface area (TPSA) is 81.6 Å². The fourth-order valence-corrected chi connectivity index (χ4v) is 0.871. The van der Waals surface area contributed by atoms with Crippen LogP contribution >= 0.6 is 0 Å². The van der Waals surface area contributed by atoms with Crippen LogP contribution in [0.4, 0.5) is 10.6 Å². The van der Waals surface area contributed by atoms with Crippen LogP contribution in [0, 0.1) is 6.92 Å². The molecule has 1 aromatic heterocycles. The number of nitrogens with two attached hydrogens (primary N) is 1. The number of nitrogens with zero attached hydrogens (tertiary/aromatic N) is 2. The Morgan fingerprint density at radius 1 is 1.60 bits per heavy atom. The summed E-state index contributed by atoms with van der Waals surface area (Å²) in [5.41, 5.74) is -0.590. The van der Waals surface area contributed by atoms with Gasteiger partial charge in [-0.2, -0.15) is 5.01 Å². The standard InChI is InChI=1S/C9H15N3O3/c1-6-5-7(11-15-6)12(10)8(13)14-9(2,3)4/h5H,10H2,1-4H3. The molecule has 0 aliphatic heterocycles. The van der Waals surface area contributed by atoms with E-state index in [4.69, 9.17) is 15.1 Å². The zero-order chi connectivity index (χ0) is 11.6. The summed E-state index contributed by atoms with van der Waals surface area (Å²) < 4.78 is 9.83. The molecule has 0 saturated carbocycles. The smallest absolute Gasteiger partial charge is 0.430 e. The Labute approximate surface area is 87.9 Å². The fourth-order valence-electron chi connectivity index (χ4n) is 0.871. The van der Waals surface area contributed by atoms with E-state index in [0.29, 0.717) is 5.76 Å². The fraction of sp³-hybridized carbons (Fsp3) is 0.556. The maximum absolute atomic E-state index is 11.5. The van der Waals surface area contributed by atoms with Gasteiger partial charge in [0, 0.05) is 6.07 Å². The van der Waals surface area contributed by atoms with Crippen LogP contribution in [-0.4, -0.2) is 16.9 Å². The maximum Gasteiger partial charge on any atom is 0.430 e. The minimum absolute atomic E-state index is 0.224. The van der Waals surface area contributed by atoms with Gasteiger partial charge in [0.2, 0.25) is 0 Å². The number of hydrogen-bond donors (Lipinski definition) is 1. The van der Waals surface area contributed by atoms with Crippen molar-refractivity contribution in [2.45, 2.75) is 33.3 Å². The first-order valence-electron chi connectivity index (χ1n) is 4.51. The number of ether oxygens (including phenoxy) is 1. The summed E-state index contributed by atoms with van der Waals surface area (Å²) in [5.74, 6) is 6.29. The number of aryl methyl sites for hydroxylation is 1. The molecule has 0 fully saturated rings. The maximum atomic E-state index is 11.5. The highest BCUT2D eigenvalue weighted by atomic mass is 16.6. The van der Waals surface area contributed by atoms with Crippen LogP contribution in [0.1, 0.15) is 26.5 Å². The van der Waals surface area contributed by atoms with E-state index in [2.05, 4.69) is 5.16 Å².